The molecule has 2 saturated heterocycles. The molecule has 3 heterocycles. The van der Waals surface area contributed by atoms with E-state index in [1.807, 2.05) is 18.3 Å². The molecular formula is C26H30N2O4. The number of rotatable bonds is 5. The average molecular weight is 435 g/mol. The minimum absolute atomic E-state index is 0.0621. The first-order chi connectivity index (χ1) is 15.5. The Labute approximate surface area is 188 Å². The van der Waals surface area contributed by atoms with Crippen molar-refractivity contribution >= 4 is 16.9 Å². The highest BCUT2D eigenvalue weighted by atomic mass is 16.5. The number of likely N-dealkylation sites (tertiary alicyclic amines) is 1. The van der Waals surface area contributed by atoms with Crippen LogP contribution < -0.4 is 4.74 Å². The van der Waals surface area contributed by atoms with Crippen molar-refractivity contribution in [1.82, 2.24) is 9.88 Å². The van der Waals surface area contributed by atoms with Crippen molar-refractivity contribution in [1.29, 1.82) is 0 Å². The number of H-pyrrole nitrogens is 1. The van der Waals surface area contributed by atoms with Crippen molar-refractivity contribution in [3.63, 3.8) is 0 Å². The first-order valence-electron chi connectivity index (χ1n) is 11.3. The number of ether oxygens (including phenoxy) is 2. The third-order valence-corrected chi connectivity index (χ3v) is 7.28. The van der Waals surface area contributed by atoms with Crippen LogP contribution in [0.1, 0.15) is 58.8 Å². The van der Waals surface area contributed by atoms with Gasteiger partial charge in [0.05, 0.1) is 18.3 Å². The van der Waals surface area contributed by atoms with Crippen LogP contribution in [0.3, 0.4) is 0 Å². The van der Waals surface area contributed by atoms with Crippen LogP contribution in [0.25, 0.3) is 10.9 Å². The van der Waals surface area contributed by atoms with Gasteiger partial charge < -0.3 is 19.6 Å². The molecular weight excluding hydrogens is 404 g/mol. The number of aromatic nitrogens is 1. The topological polar surface area (TPSA) is 74.8 Å². The molecule has 0 saturated carbocycles. The Balaban J connectivity index is 1.52. The molecule has 0 bridgehead atoms. The zero-order valence-corrected chi connectivity index (χ0v) is 18.7. The van der Waals surface area contributed by atoms with Crippen LogP contribution >= 0.6 is 0 Å². The van der Waals surface area contributed by atoms with Crippen molar-refractivity contribution in [3.05, 3.63) is 64.8 Å². The monoisotopic (exact) mass is 434 g/mol. The van der Waals surface area contributed by atoms with Crippen LogP contribution in [0.4, 0.5) is 0 Å². The summed E-state index contributed by atoms with van der Waals surface area (Å²) in [5.74, 6) is 0.0128. The van der Waals surface area contributed by atoms with E-state index in [2.05, 4.69) is 28.9 Å². The number of piperidine rings is 1. The van der Waals surface area contributed by atoms with Crippen LogP contribution in [0.2, 0.25) is 0 Å². The molecule has 0 amide bonds. The number of benzene rings is 2. The van der Waals surface area contributed by atoms with Gasteiger partial charge in [-0.1, -0.05) is 12.1 Å². The quantitative estimate of drug-likeness (QED) is 0.586. The summed E-state index contributed by atoms with van der Waals surface area (Å²) < 4.78 is 12.1. The third kappa shape index (κ3) is 3.67. The number of carbonyl (C=O) groups is 1. The maximum atomic E-state index is 11.3. The zero-order chi connectivity index (χ0) is 22.3. The molecule has 5 rings (SSSR count). The third-order valence-electron chi connectivity index (χ3n) is 7.28. The number of nitrogens with one attached hydrogen (secondary N) is 1. The van der Waals surface area contributed by atoms with E-state index in [9.17, 15) is 9.90 Å². The summed E-state index contributed by atoms with van der Waals surface area (Å²) in [4.78, 5) is 17.2. The summed E-state index contributed by atoms with van der Waals surface area (Å²) in [6.07, 6.45) is 6.13. The minimum Gasteiger partial charge on any atom is -0.496 e. The van der Waals surface area contributed by atoms with Crippen LogP contribution in [0.15, 0.2) is 42.6 Å². The first kappa shape index (κ1) is 21.0. The van der Waals surface area contributed by atoms with E-state index in [0.29, 0.717) is 5.56 Å². The van der Waals surface area contributed by atoms with Gasteiger partial charge in [0.15, 0.2) is 0 Å². The van der Waals surface area contributed by atoms with Crippen molar-refractivity contribution in [2.24, 2.45) is 0 Å². The summed E-state index contributed by atoms with van der Waals surface area (Å²) in [6, 6.07) is 11.7. The van der Waals surface area contributed by atoms with E-state index in [0.717, 1.165) is 62.2 Å². The van der Waals surface area contributed by atoms with Gasteiger partial charge in [0.1, 0.15) is 5.75 Å². The second kappa shape index (κ2) is 8.26. The van der Waals surface area contributed by atoms with Gasteiger partial charge in [-0.15, -0.1) is 0 Å². The van der Waals surface area contributed by atoms with Crippen LogP contribution in [-0.4, -0.2) is 46.8 Å². The molecule has 2 fully saturated rings. The number of hydrogen-bond acceptors (Lipinski definition) is 4. The number of aryl methyl sites for hydroxylation is 1. The molecule has 3 aromatic rings. The molecule has 2 atom stereocenters. The number of hydrogen-bond donors (Lipinski definition) is 2. The highest BCUT2D eigenvalue weighted by Gasteiger charge is 2.43. The fraction of sp³-hybridized carbons (Fsp3) is 0.423. The van der Waals surface area contributed by atoms with E-state index in [1.54, 1.807) is 19.2 Å². The summed E-state index contributed by atoms with van der Waals surface area (Å²) in [6.45, 7) is 4.62. The second-order valence-corrected chi connectivity index (χ2v) is 9.14. The molecule has 2 aromatic carbocycles. The molecule has 32 heavy (non-hydrogen) atoms. The van der Waals surface area contributed by atoms with Crippen LogP contribution in [0, 0.1) is 6.92 Å². The van der Waals surface area contributed by atoms with Gasteiger partial charge in [0.2, 0.25) is 0 Å². The van der Waals surface area contributed by atoms with Gasteiger partial charge in [0.25, 0.3) is 0 Å². The Kier molecular flexibility index (Phi) is 5.43. The van der Waals surface area contributed by atoms with E-state index >= 15 is 0 Å². The molecule has 0 aliphatic carbocycles. The van der Waals surface area contributed by atoms with E-state index in [1.165, 1.54) is 16.5 Å². The highest BCUT2D eigenvalue weighted by molar-refractivity contribution is 5.88. The number of nitrogens with zero attached hydrogens (tertiary/aromatic N) is 1. The molecule has 1 spiro atoms. The largest absolute Gasteiger partial charge is 0.496 e. The Morgan fingerprint density at radius 2 is 2.09 bits per heavy atom. The molecule has 2 aliphatic rings. The Morgan fingerprint density at radius 3 is 2.78 bits per heavy atom. The number of methoxy groups -OCH3 is 1. The van der Waals surface area contributed by atoms with Gasteiger partial charge in [-0.2, -0.15) is 0 Å². The minimum atomic E-state index is -0.896. The standard InChI is InChI=1S/C26H30N2O4/c1-17-14-23(31-2)21(20-8-11-27-24(17)20)16-28-12-10-26(9-3-13-32-26)15-22(28)18-4-6-19(7-5-18)25(29)30/h4-8,11,14,22,27H,3,9-10,12-13,15-16H2,1-2H3,(H,29,30). The van der Waals surface area contributed by atoms with E-state index in [-0.39, 0.29) is 11.6 Å². The molecule has 1 aromatic heterocycles. The number of fused-ring (bicyclic) bond motifs is 1. The average Bonchev–Trinajstić information content (AvgIpc) is 3.47. The van der Waals surface area contributed by atoms with Gasteiger partial charge in [-0.25, -0.2) is 4.79 Å². The van der Waals surface area contributed by atoms with Crippen LogP contribution in [-0.2, 0) is 11.3 Å². The predicted octanol–water partition coefficient (Wildman–Crippen LogP) is 5.07. The molecule has 0 radical (unpaired) electrons. The van der Waals surface area contributed by atoms with Crippen molar-refractivity contribution < 1.29 is 19.4 Å². The summed E-state index contributed by atoms with van der Waals surface area (Å²) in [7, 11) is 1.73. The molecule has 2 aliphatic heterocycles. The predicted molar refractivity (Wildman–Crippen MR) is 123 cm³/mol. The smallest absolute Gasteiger partial charge is 0.335 e. The number of aromatic amines is 1. The zero-order valence-electron chi connectivity index (χ0n) is 18.7. The number of carboxylic acids is 1. The first-order valence-corrected chi connectivity index (χ1v) is 11.3. The fourth-order valence-corrected chi connectivity index (χ4v) is 5.55. The van der Waals surface area contributed by atoms with Gasteiger partial charge in [-0.3, -0.25) is 4.90 Å². The SMILES string of the molecule is COc1cc(C)c2[nH]ccc2c1CN1CCC2(CCCO2)CC1c1ccc(C(=O)O)cc1. The van der Waals surface area contributed by atoms with Crippen LogP contribution in [0.5, 0.6) is 5.75 Å². The number of aromatic carboxylic acids is 1. The fourth-order valence-electron chi connectivity index (χ4n) is 5.55. The van der Waals surface area contributed by atoms with E-state index < -0.39 is 5.97 Å². The molecule has 168 valence electrons. The lowest BCUT2D eigenvalue weighted by atomic mass is 9.81. The molecule has 6 nitrogen and oxygen atoms in total. The normalized spacial score (nSPS) is 23.8. The number of carboxylic acid groups (broad SMARTS) is 1. The maximum absolute atomic E-state index is 11.3. The maximum Gasteiger partial charge on any atom is 0.335 e. The Morgan fingerprint density at radius 1 is 1.28 bits per heavy atom. The molecule has 2 unspecified atom stereocenters. The van der Waals surface area contributed by atoms with Crippen molar-refractivity contribution in [3.8, 4) is 5.75 Å². The Bertz CT molecular complexity index is 1130. The van der Waals surface area contributed by atoms with Crippen molar-refractivity contribution in [2.75, 3.05) is 20.3 Å². The summed E-state index contributed by atoms with van der Waals surface area (Å²) >= 11 is 0. The molecule has 2 N–H and O–H groups in total. The lowest BCUT2D eigenvalue weighted by Crippen LogP contribution is -2.45. The second-order valence-electron chi connectivity index (χ2n) is 9.14. The summed E-state index contributed by atoms with van der Waals surface area (Å²) in [5, 5.41) is 10.5. The highest BCUT2D eigenvalue weighted by Crippen LogP contribution is 2.45. The lowest BCUT2D eigenvalue weighted by Gasteiger charge is -2.45. The Hall–Kier alpha value is -2.83. The summed E-state index contributed by atoms with van der Waals surface area (Å²) in [5.41, 5.74) is 4.90. The van der Waals surface area contributed by atoms with Gasteiger partial charge >= 0.3 is 5.97 Å². The van der Waals surface area contributed by atoms with Crippen molar-refractivity contribution in [2.45, 2.75) is 50.8 Å². The van der Waals surface area contributed by atoms with Gasteiger partial charge in [0, 0.05) is 48.4 Å². The molecule has 6 heteroatoms. The van der Waals surface area contributed by atoms with E-state index in [4.69, 9.17) is 9.47 Å². The van der Waals surface area contributed by atoms with Gasteiger partial charge in [-0.05, 0) is 68.0 Å². The lowest BCUT2D eigenvalue weighted by molar-refractivity contribution is -0.0676.